The first kappa shape index (κ1) is 21.9. The summed E-state index contributed by atoms with van der Waals surface area (Å²) in [5.41, 5.74) is 1.31. The normalized spacial score (nSPS) is 14.8. The van der Waals surface area contributed by atoms with E-state index in [1.165, 1.54) is 23.1 Å². The van der Waals surface area contributed by atoms with Crippen molar-refractivity contribution >= 4 is 46.9 Å². The second-order valence-corrected chi connectivity index (χ2v) is 7.50. The fourth-order valence-corrected chi connectivity index (χ4v) is 3.57. The van der Waals surface area contributed by atoms with Gasteiger partial charge in [0.2, 0.25) is 0 Å². The zero-order chi connectivity index (χ0) is 23.4. The first-order valence-corrected chi connectivity index (χ1v) is 10.3. The molecule has 0 spiro atoms. The molecule has 1 saturated heterocycles. The maximum atomic E-state index is 13.1. The number of carboxylic acids is 1. The highest BCUT2D eigenvalue weighted by Crippen LogP contribution is 2.25. The molecule has 1 heterocycles. The Kier molecular flexibility index (Phi) is 6.28. The monoisotopic (exact) mass is 457 g/mol. The van der Waals surface area contributed by atoms with Crippen molar-refractivity contribution in [2.24, 2.45) is 0 Å². The Morgan fingerprint density at radius 2 is 1.67 bits per heavy atom. The Morgan fingerprint density at radius 3 is 2.33 bits per heavy atom. The molecule has 0 aromatic heterocycles. The number of hydrogen-bond donors (Lipinski definition) is 1. The molecule has 0 atom stereocenters. The van der Waals surface area contributed by atoms with E-state index in [0.29, 0.717) is 11.3 Å². The molecule has 33 heavy (non-hydrogen) atoms. The Balaban J connectivity index is 1.63. The van der Waals surface area contributed by atoms with Crippen molar-refractivity contribution < 1.29 is 24.2 Å². The van der Waals surface area contributed by atoms with Gasteiger partial charge in [0.25, 0.3) is 11.8 Å². The molecule has 1 aliphatic heterocycles. The first-order chi connectivity index (χ1) is 15.9. The minimum atomic E-state index is -1.44. The number of thiocarbonyl (C=S) groups is 1. The SMILES string of the molecule is O=C1NC(=S)N(c2ccccc2)C(=O)/C1=C\c1ccc(OCc2ccccc2)c(C(=O)[O-])c1. The fraction of sp³-hybridized carbons (Fsp3) is 0.0400. The summed E-state index contributed by atoms with van der Waals surface area (Å²) in [5, 5.41) is 14.2. The van der Waals surface area contributed by atoms with E-state index in [0.717, 1.165) is 5.56 Å². The van der Waals surface area contributed by atoms with Crippen LogP contribution in [0.15, 0.2) is 84.4 Å². The van der Waals surface area contributed by atoms with Crippen molar-refractivity contribution in [2.45, 2.75) is 6.61 Å². The third-order valence-corrected chi connectivity index (χ3v) is 5.17. The number of aromatic carboxylic acids is 1. The molecule has 164 valence electrons. The molecule has 0 radical (unpaired) electrons. The number of carbonyl (C=O) groups excluding carboxylic acids is 3. The number of carboxylic acid groups (broad SMARTS) is 1. The molecule has 2 amide bonds. The molecular formula is C25H17N2O5S-. The molecule has 4 rings (SSSR count). The molecule has 3 aromatic rings. The number of carbonyl (C=O) groups is 3. The van der Waals surface area contributed by atoms with Gasteiger partial charge in [0, 0.05) is 5.56 Å². The highest BCUT2D eigenvalue weighted by molar-refractivity contribution is 7.80. The van der Waals surface area contributed by atoms with Gasteiger partial charge < -0.3 is 14.6 Å². The summed E-state index contributed by atoms with van der Waals surface area (Å²) in [5.74, 6) is -2.61. The number of ether oxygens (including phenoxy) is 1. The molecule has 1 aliphatic rings. The van der Waals surface area contributed by atoms with E-state index < -0.39 is 17.8 Å². The molecule has 7 nitrogen and oxygen atoms in total. The summed E-state index contributed by atoms with van der Waals surface area (Å²) >= 11 is 5.17. The lowest BCUT2D eigenvalue weighted by molar-refractivity contribution is -0.255. The zero-order valence-electron chi connectivity index (χ0n) is 17.2. The Bertz CT molecular complexity index is 1270. The van der Waals surface area contributed by atoms with Crippen molar-refractivity contribution in [2.75, 3.05) is 4.90 Å². The number of nitrogens with zero attached hydrogens (tertiary/aromatic N) is 1. The summed E-state index contributed by atoms with van der Waals surface area (Å²) in [6.45, 7) is 0.173. The van der Waals surface area contributed by atoms with Crippen molar-refractivity contribution in [3.8, 4) is 5.75 Å². The third-order valence-electron chi connectivity index (χ3n) is 4.89. The van der Waals surface area contributed by atoms with E-state index in [1.807, 2.05) is 30.3 Å². The van der Waals surface area contributed by atoms with Crippen LogP contribution in [0.1, 0.15) is 21.5 Å². The van der Waals surface area contributed by atoms with Gasteiger partial charge >= 0.3 is 0 Å². The second kappa shape index (κ2) is 9.46. The quantitative estimate of drug-likeness (QED) is 0.347. The third kappa shape index (κ3) is 4.81. The van der Waals surface area contributed by atoms with Gasteiger partial charge in [0.05, 0.1) is 11.7 Å². The van der Waals surface area contributed by atoms with Crippen molar-refractivity contribution in [1.82, 2.24) is 5.32 Å². The predicted octanol–water partition coefficient (Wildman–Crippen LogP) is 2.46. The summed E-state index contributed by atoms with van der Waals surface area (Å²) in [4.78, 5) is 38.4. The number of benzene rings is 3. The van der Waals surface area contributed by atoms with E-state index in [-0.39, 0.29) is 28.6 Å². The van der Waals surface area contributed by atoms with Gasteiger partial charge in [-0.1, -0.05) is 54.6 Å². The van der Waals surface area contributed by atoms with Crippen LogP contribution in [0.25, 0.3) is 6.08 Å². The first-order valence-electron chi connectivity index (χ1n) is 9.92. The summed E-state index contributed by atoms with van der Waals surface area (Å²) in [7, 11) is 0. The molecule has 3 aromatic carbocycles. The highest BCUT2D eigenvalue weighted by Gasteiger charge is 2.34. The number of anilines is 1. The summed E-state index contributed by atoms with van der Waals surface area (Å²) in [6, 6.07) is 22.2. The minimum Gasteiger partial charge on any atom is -0.545 e. The molecule has 1 fully saturated rings. The summed E-state index contributed by atoms with van der Waals surface area (Å²) in [6.07, 6.45) is 1.31. The lowest BCUT2D eigenvalue weighted by Gasteiger charge is -2.28. The van der Waals surface area contributed by atoms with Crippen LogP contribution < -0.4 is 20.1 Å². The van der Waals surface area contributed by atoms with Gasteiger partial charge in [0.1, 0.15) is 17.9 Å². The van der Waals surface area contributed by atoms with Crippen LogP contribution in [-0.4, -0.2) is 22.9 Å². The molecule has 0 bridgehead atoms. The number of hydrogen-bond acceptors (Lipinski definition) is 6. The van der Waals surface area contributed by atoms with Crippen molar-refractivity contribution in [3.05, 3.63) is 101 Å². The lowest BCUT2D eigenvalue weighted by atomic mass is 10.0. The van der Waals surface area contributed by atoms with Crippen LogP contribution in [0.2, 0.25) is 0 Å². The average Bonchev–Trinajstić information content (AvgIpc) is 2.82. The van der Waals surface area contributed by atoms with Crippen LogP contribution in [0, 0.1) is 0 Å². The van der Waals surface area contributed by atoms with Gasteiger partial charge in [-0.3, -0.25) is 19.8 Å². The Hall–Kier alpha value is -4.30. The Morgan fingerprint density at radius 1 is 1.00 bits per heavy atom. The molecule has 0 saturated carbocycles. The van der Waals surface area contributed by atoms with E-state index >= 15 is 0 Å². The van der Waals surface area contributed by atoms with Gasteiger partial charge in [-0.15, -0.1) is 0 Å². The van der Waals surface area contributed by atoms with Gasteiger partial charge in [-0.25, -0.2) is 0 Å². The van der Waals surface area contributed by atoms with E-state index in [2.05, 4.69) is 5.32 Å². The number of nitrogens with one attached hydrogen (secondary N) is 1. The molecule has 0 unspecified atom stereocenters. The summed E-state index contributed by atoms with van der Waals surface area (Å²) < 4.78 is 5.65. The lowest BCUT2D eigenvalue weighted by Crippen LogP contribution is -2.54. The molecule has 1 N–H and O–H groups in total. The zero-order valence-corrected chi connectivity index (χ0v) is 18.0. The topological polar surface area (TPSA) is 98.8 Å². The van der Waals surface area contributed by atoms with E-state index in [1.54, 1.807) is 36.4 Å². The Labute approximate surface area is 194 Å². The van der Waals surface area contributed by atoms with Crippen molar-refractivity contribution in [3.63, 3.8) is 0 Å². The maximum Gasteiger partial charge on any atom is 0.270 e. The highest BCUT2D eigenvalue weighted by atomic mass is 32.1. The van der Waals surface area contributed by atoms with Crippen LogP contribution in [-0.2, 0) is 16.2 Å². The van der Waals surface area contributed by atoms with Gasteiger partial charge in [-0.2, -0.15) is 0 Å². The molecule has 8 heteroatoms. The van der Waals surface area contributed by atoms with Gasteiger partial charge in [-0.05, 0) is 53.7 Å². The molecule has 0 aliphatic carbocycles. The van der Waals surface area contributed by atoms with Crippen LogP contribution >= 0.6 is 12.2 Å². The van der Waals surface area contributed by atoms with E-state index in [4.69, 9.17) is 17.0 Å². The van der Waals surface area contributed by atoms with E-state index in [9.17, 15) is 19.5 Å². The standard InChI is InChI=1S/C25H18N2O5S/c28-22-20(23(29)27(25(33)26-22)18-9-5-2-6-10-18)14-17-11-12-21(19(13-17)24(30)31)32-15-16-7-3-1-4-8-16/h1-14H,15H2,(H,30,31)(H,26,28,33)/p-1/b20-14-. The number of para-hydroxylation sites is 1. The minimum absolute atomic E-state index is 0.0339. The largest absolute Gasteiger partial charge is 0.545 e. The smallest absolute Gasteiger partial charge is 0.270 e. The number of amides is 2. The van der Waals surface area contributed by atoms with Crippen LogP contribution in [0.4, 0.5) is 5.69 Å². The molecular weight excluding hydrogens is 440 g/mol. The second-order valence-electron chi connectivity index (χ2n) is 7.11. The average molecular weight is 457 g/mol. The van der Waals surface area contributed by atoms with Gasteiger partial charge in [0.15, 0.2) is 5.11 Å². The number of rotatable bonds is 6. The van der Waals surface area contributed by atoms with Crippen LogP contribution in [0.3, 0.4) is 0 Å². The van der Waals surface area contributed by atoms with Crippen LogP contribution in [0.5, 0.6) is 5.75 Å². The maximum absolute atomic E-state index is 13.1. The predicted molar refractivity (Wildman–Crippen MR) is 124 cm³/mol. The van der Waals surface area contributed by atoms with Crippen molar-refractivity contribution in [1.29, 1.82) is 0 Å². The fourth-order valence-electron chi connectivity index (χ4n) is 3.29.